The van der Waals surface area contributed by atoms with Crippen LogP contribution in [0.2, 0.25) is 0 Å². The number of pyridine rings is 1. The number of rotatable bonds is 8. The van der Waals surface area contributed by atoms with Crippen molar-refractivity contribution >= 4 is 17.1 Å². The normalized spacial score (nSPS) is 12.7. The van der Waals surface area contributed by atoms with Gasteiger partial charge in [-0.2, -0.15) is 5.10 Å². The molecule has 0 unspecified atom stereocenters. The van der Waals surface area contributed by atoms with Gasteiger partial charge >= 0.3 is 6.09 Å². The van der Waals surface area contributed by atoms with Gasteiger partial charge in [0.2, 0.25) is 0 Å². The molecule has 48 heavy (non-hydrogen) atoms. The van der Waals surface area contributed by atoms with Gasteiger partial charge in [-0.1, -0.05) is 103 Å². The molecule has 0 atom stereocenters. The molecule has 236 valence electrons. The fourth-order valence-corrected chi connectivity index (χ4v) is 7.09. The van der Waals surface area contributed by atoms with E-state index in [9.17, 15) is 4.79 Å². The molecule has 1 aliphatic rings. The van der Waals surface area contributed by atoms with Crippen molar-refractivity contribution in [2.24, 2.45) is 0 Å². The molecule has 7 aromatic rings. The summed E-state index contributed by atoms with van der Waals surface area (Å²) in [7, 11) is 0. The lowest BCUT2D eigenvalue weighted by molar-refractivity contribution is 0.106. The molecule has 4 heterocycles. The maximum Gasteiger partial charge on any atom is 0.410 e. The van der Waals surface area contributed by atoms with Gasteiger partial charge in [-0.05, 0) is 47.4 Å². The van der Waals surface area contributed by atoms with Crippen LogP contribution < -0.4 is 0 Å². The molecule has 0 N–H and O–H groups in total. The highest BCUT2D eigenvalue weighted by Gasteiger charge is 2.39. The Kier molecular flexibility index (Phi) is 7.53. The predicted molar refractivity (Wildman–Crippen MR) is 185 cm³/mol. The smallest absolute Gasteiger partial charge is 0.410 e. The molecule has 0 saturated heterocycles. The molecular weight excluding hydrogens is 596 g/mol. The first-order chi connectivity index (χ1) is 23.7. The zero-order valence-electron chi connectivity index (χ0n) is 26.6. The Morgan fingerprint density at radius 2 is 1.48 bits per heavy atom. The van der Waals surface area contributed by atoms with Crippen molar-refractivity contribution in [1.82, 2.24) is 29.2 Å². The molecule has 8 heteroatoms. The standard InChI is InChI=1S/C40H34N6O2/c1-2-48-39(47)44-26-34-36(27-44)43-46(25-29-13-12-22-41-24-29)38(34)30-20-21-35-37(23-30)45(28-42-35)40(31-14-6-3-7-15-31,32-16-8-4-9-17-32)33-18-10-5-11-19-33/h3-24,28H,2,25-27H2,1H3. The van der Waals surface area contributed by atoms with Crippen molar-refractivity contribution in [3.63, 3.8) is 0 Å². The van der Waals surface area contributed by atoms with Gasteiger partial charge in [-0.3, -0.25) is 14.6 Å². The lowest BCUT2D eigenvalue weighted by atomic mass is 9.76. The molecule has 1 amide bonds. The molecule has 0 saturated carbocycles. The summed E-state index contributed by atoms with van der Waals surface area (Å²) in [5.41, 5.74) is 9.44. The van der Waals surface area contributed by atoms with Crippen molar-refractivity contribution in [2.45, 2.75) is 32.1 Å². The molecule has 1 aliphatic heterocycles. The zero-order chi connectivity index (χ0) is 32.5. The average Bonchev–Trinajstić information content (AvgIpc) is 3.84. The van der Waals surface area contributed by atoms with Gasteiger partial charge < -0.3 is 9.30 Å². The molecule has 0 spiro atoms. The van der Waals surface area contributed by atoms with Crippen molar-refractivity contribution in [2.75, 3.05) is 6.61 Å². The Hall–Kier alpha value is -6.02. The summed E-state index contributed by atoms with van der Waals surface area (Å²) in [5, 5.41) is 5.05. The quantitative estimate of drug-likeness (QED) is 0.161. The number of benzene rings is 4. The first-order valence-corrected chi connectivity index (χ1v) is 16.2. The van der Waals surface area contributed by atoms with E-state index in [0.717, 1.165) is 55.8 Å². The van der Waals surface area contributed by atoms with E-state index in [1.807, 2.05) is 30.2 Å². The number of carbonyl (C=O) groups is 1. The molecule has 8 rings (SSSR count). The Labute approximate surface area is 278 Å². The van der Waals surface area contributed by atoms with Crippen LogP contribution >= 0.6 is 0 Å². The summed E-state index contributed by atoms with van der Waals surface area (Å²) in [6.45, 7) is 3.53. The third kappa shape index (κ3) is 4.93. The molecule has 0 fully saturated rings. The van der Waals surface area contributed by atoms with Crippen molar-refractivity contribution in [3.8, 4) is 11.3 Å². The van der Waals surface area contributed by atoms with Gasteiger partial charge in [0.25, 0.3) is 0 Å². The number of imidazole rings is 1. The van der Waals surface area contributed by atoms with Crippen LogP contribution in [-0.2, 0) is 29.9 Å². The minimum atomic E-state index is -0.713. The zero-order valence-corrected chi connectivity index (χ0v) is 26.6. The molecule has 0 bridgehead atoms. The van der Waals surface area contributed by atoms with Crippen LogP contribution in [0.4, 0.5) is 4.79 Å². The van der Waals surface area contributed by atoms with E-state index < -0.39 is 5.54 Å². The fourth-order valence-electron chi connectivity index (χ4n) is 7.09. The Morgan fingerprint density at radius 3 is 2.08 bits per heavy atom. The topological polar surface area (TPSA) is 78.1 Å². The van der Waals surface area contributed by atoms with Crippen LogP contribution in [0.3, 0.4) is 0 Å². The first-order valence-electron chi connectivity index (χ1n) is 16.2. The number of nitrogens with zero attached hydrogens (tertiary/aromatic N) is 6. The third-order valence-electron chi connectivity index (χ3n) is 9.16. The average molecular weight is 631 g/mol. The van der Waals surface area contributed by atoms with Crippen molar-refractivity contribution in [1.29, 1.82) is 0 Å². The number of carbonyl (C=O) groups excluding carboxylic acids is 1. The van der Waals surface area contributed by atoms with Crippen LogP contribution in [0.1, 0.15) is 40.4 Å². The van der Waals surface area contributed by atoms with Gasteiger partial charge in [0, 0.05) is 23.5 Å². The Balaban J connectivity index is 1.35. The van der Waals surface area contributed by atoms with Crippen molar-refractivity contribution in [3.05, 3.63) is 174 Å². The van der Waals surface area contributed by atoms with E-state index in [4.69, 9.17) is 14.8 Å². The van der Waals surface area contributed by atoms with E-state index in [-0.39, 0.29) is 6.09 Å². The van der Waals surface area contributed by atoms with E-state index in [1.54, 1.807) is 11.1 Å². The van der Waals surface area contributed by atoms with E-state index >= 15 is 0 Å². The summed E-state index contributed by atoms with van der Waals surface area (Å²) in [4.78, 5) is 23.8. The third-order valence-corrected chi connectivity index (χ3v) is 9.16. The van der Waals surface area contributed by atoms with E-state index in [2.05, 4.69) is 125 Å². The van der Waals surface area contributed by atoms with Gasteiger partial charge in [0.15, 0.2) is 0 Å². The summed E-state index contributed by atoms with van der Waals surface area (Å²) in [6.07, 6.45) is 5.28. The summed E-state index contributed by atoms with van der Waals surface area (Å²) in [6, 6.07) is 42.3. The van der Waals surface area contributed by atoms with Crippen LogP contribution in [0.5, 0.6) is 0 Å². The van der Waals surface area contributed by atoms with Gasteiger partial charge in [0.05, 0.1) is 55.0 Å². The van der Waals surface area contributed by atoms with Crippen molar-refractivity contribution < 1.29 is 9.53 Å². The summed E-state index contributed by atoms with van der Waals surface area (Å²) in [5.74, 6) is 0. The Morgan fingerprint density at radius 1 is 0.812 bits per heavy atom. The minimum absolute atomic E-state index is 0.327. The van der Waals surface area contributed by atoms with E-state index in [1.165, 1.54) is 0 Å². The van der Waals surface area contributed by atoms with Crippen LogP contribution in [-0.4, -0.2) is 41.9 Å². The number of hydrogen-bond donors (Lipinski definition) is 0. The lowest BCUT2D eigenvalue weighted by Crippen LogP contribution is -2.37. The number of amides is 1. The van der Waals surface area contributed by atoms with Crippen LogP contribution in [0.15, 0.2) is 140 Å². The Bertz CT molecular complexity index is 2100. The van der Waals surface area contributed by atoms with Crippen LogP contribution in [0, 0.1) is 0 Å². The highest BCUT2D eigenvalue weighted by atomic mass is 16.6. The number of fused-ring (bicyclic) bond motifs is 2. The maximum atomic E-state index is 12.8. The molecule has 0 aliphatic carbocycles. The number of ether oxygens (including phenoxy) is 1. The summed E-state index contributed by atoms with van der Waals surface area (Å²) < 4.78 is 9.71. The second kappa shape index (κ2) is 12.3. The minimum Gasteiger partial charge on any atom is -0.450 e. The monoisotopic (exact) mass is 630 g/mol. The SMILES string of the molecule is CCOC(=O)N1Cc2nn(Cc3cccnc3)c(-c3ccc4ncn(C(c5ccccc5)(c5ccccc5)c5ccccc5)c4c3)c2C1. The van der Waals surface area contributed by atoms with Gasteiger partial charge in [-0.25, -0.2) is 9.78 Å². The lowest BCUT2D eigenvalue weighted by Gasteiger charge is -2.38. The maximum absolute atomic E-state index is 12.8. The van der Waals surface area contributed by atoms with Crippen LogP contribution in [0.25, 0.3) is 22.3 Å². The number of aromatic nitrogens is 5. The molecule has 4 aromatic carbocycles. The largest absolute Gasteiger partial charge is 0.450 e. The first kappa shape index (κ1) is 29.4. The summed E-state index contributed by atoms with van der Waals surface area (Å²) >= 11 is 0. The second-order valence-corrected chi connectivity index (χ2v) is 12.0. The fraction of sp³-hybridized carbons (Fsp3) is 0.150. The molecule has 0 radical (unpaired) electrons. The van der Waals surface area contributed by atoms with Gasteiger partial charge in [0.1, 0.15) is 5.54 Å². The highest BCUT2D eigenvalue weighted by Crippen LogP contribution is 2.43. The van der Waals surface area contributed by atoms with Gasteiger partial charge in [-0.15, -0.1) is 0 Å². The molecule has 3 aromatic heterocycles. The predicted octanol–water partition coefficient (Wildman–Crippen LogP) is 7.66. The number of hydrogen-bond acceptors (Lipinski definition) is 5. The molecular formula is C40H34N6O2. The second-order valence-electron chi connectivity index (χ2n) is 12.0. The van der Waals surface area contributed by atoms with E-state index in [0.29, 0.717) is 26.2 Å². The highest BCUT2D eigenvalue weighted by molar-refractivity contribution is 5.84. The molecule has 8 nitrogen and oxygen atoms in total.